The van der Waals surface area contributed by atoms with Gasteiger partial charge >= 0.3 is 6.01 Å². The van der Waals surface area contributed by atoms with Gasteiger partial charge in [0.2, 0.25) is 0 Å². The Labute approximate surface area is 152 Å². The van der Waals surface area contributed by atoms with Gasteiger partial charge in [-0.05, 0) is 25.1 Å². The Morgan fingerprint density at radius 3 is 2.81 bits per heavy atom. The summed E-state index contributed by atoms with van der Waals surface area (Å²) in [4.78, 5) is 6.43. The second-order valence-corrected chi connectivity index (χ2v) is 6.62. The predicted molar refractivity (Wildman–Crippen MR) is 98.7 cm³/mol. The van der Waals surface area contributed by atoms with Gasteiger partial charge in [-0.25, -0.2) is 0 Å². The molecule has 1 aliphatic rings. The van der Waals surface area contributed by atoms with E-state index in [0.717, 1.165) is 43.6 Å². The second kappa shape index (κ2) is 7.37. The fourth-order valence-corrected chi connectivity index (χ4v) is 3.44. The Hall–Kier alpha value is -2.54. The Morgan fingerprint density at radius 1 is 1.23 bits per heavy atom. The number of aromatic nitrogens is 3. The summed E-state index contributed by atoms with van der Waals surface area (Å²) in [6.07, 6.45) is 4.16. The van der Waals surface area contributed by atoms with Crippen LogP contribution in [0.5, 0.6) is 5.75 Å². The van der Waals surface area contributed by atoms with Crippen molar-refractivity contribution in [3.8, 4) is 5.75 Å². The molecule has 7 heteroatoms. The second-order valence-electron chi connectivity index (χ2n) is 6.62. The molecule has 3 aromatic rings. The lowest BCUT2D eigenvalue weighted by Gasteiger charge is -2.30. The number of hydrogen-bond donors (Lipinski definition) is 0. The van der Waals surface area contributed by atoms with E-state index >= 15 is 0 Å². The summed E-state index contributed by atoms with van der Waals surface area (Å²) >= 11 is 0. The number of hydrogen-bond acceptors (Lipinski definition) is 6. The van der Waals surface area contributed by atoms with Crippen LogP contribution in [0.25, 0.3) is 10.9 Å². The molecule has 0 radical (unpaired) electrons. The van der Waals surface area contributed by atoms with Crippen LogP contribution in [0.15, 0.2) is 35.0 Å². The Morgan fingerprint density at radius 2 is 2.08 bits per heavy atom. The molecule has 1 aromatic carbocycles. The first kappa shape index (κ1) is 16.9. The van der Waals surface area contributed by atoms with Crippen molar-refractivity contribution in [2.75, 3.05) is 31.7 Å². The highest BCUT2D eigenvalue weighted by Crippen LogP contribution is 2.29. The molecule has 0 saturated carbocycles. The van der Waals surface area contributed by atoms with E-state index < -0.39 is 0 Å². The third-order valence-corrected chi connectivity index (χ3v) is 4.83. The van der Waals surface area contributed by atoms with Crippen LogP contribution >= 0.6 is 0 Å². The van der Waals surface area contributed by atoms with Crippen LogP contribution in [-0.2, 0) is 11.3 Å². The molecule has 2 aromatic heterocycles. The van der Waals surface area contributed by atoms with E-state index in [4.69, 9.17) is 14.0 Å². The molecule has 138 valence electrons. The summed E-state index contributed by atoms with van der Waals surface area (Å²) in [5.41, 5.74) is 1.18. The van der Waals surface area contributed by atoms with Crippen LogP contribution in [0.2, 0.25) is 0 Å². The molecular weight excluding hydrogens is 332 g/mol. The van der Waals surface area contributed by atoms with Crippen LogP contribution in [0.1, 0.15) is 18.7 Å². The summed E-state index contributed by atoms with van der Waals surface area (Å²) in [6.45, 7) is 5.09. The normalized spacial score (nSPS) is 15.7. The number of anilines is 1. The fraction of sp³-hybridized carbons (Fsp3) is 0.474. The highest BCUT2D eigenvalue weighted by Gasteiger charge is 2.24. The smallest absolute Gasteiger partial charge is 0.324 e. The highest BCUT2D eigenvalue weighted by molar-refractivity contribution is 5.86. The minimum Gasteiger partial charge on any atom is -0.490 e. The zero-order valence-corrected chi connectivity index (χ0v) is 15.2. The van der Waals surface area contributed by atoms with Gasteiger partial charge in [0, 0.05) is 51.2 Å². The summed E-state index contributed by atoms with van der Waals surface area (Å²) in [7, 11) is 1.72. The third-order valence-electron chi connectivity index (χ3n) is 4.83. The molecule has 0 amide bonds. The van der Waals surface area contributed by atoms with Crippen LogP contribution in [0.3, 0.4) is 0 Å². The van der Waals surface area contributed by atoms with Crippen molar-refractivity contribution in [3.63, 3.8) is 0 Å². The van der Waals surface area contributed by atoms with E-state index in [9.17, 15) is 0 Å². The average molecular weight is 356 g/mol. The number of ether oxygens (including phenoxy) is 2. The predicted octanol–water partition coefficient (Wildman–Crippen LogP) is 3.03. The van der Waals surface area contributed by atoms with Gasteiger partial charge in [-0.1, -0.05) is 11.2 Å². The molecule has 0 unspecified atom stereocenters. The van der Waals surface area contributed by atoms with Crippen molar-refractivity contribution in [2.24, 2.45) is 0 Å². The topological polar surface area (TPSA) is 65.6 Å². The summed E-state index contributed by atoms with van der Waals surface area (Å²) in [5.74, 6) is 1.62. The quantitative estimate of drug-likeness (QED) is 0.676. The molecule has 1 fully saturated rings. The van der Waals surface area contributed by atoms with E-state index in [-0.39, 0.29) is 6.10 Å². The van der Waals surface area contributed by atoms with Crippen molar-refractivity contribution in [3.05, 3.63) is 36.3 Å². The number of rotatable bonds is 6. The first-order valence-electron chi connectivity index (χ1n) is 9.03. The fourth-order valence-electron chi connectivity index (χ4n) is 3.44. The highest BCUT2D eigenvalue weighted by atomic mass is 16.5. The number of fused-ring (bicyclic) bond motifs is 1. The van der Waals surface area contributed by atoms with Crippen LogP contribution in [0.4, 0.5) is 6.01 Å². The zero-order valence-electron chi connectivity index (χ0n) is 15.2. The molecule has 0 N–H and O–H groups in total. The van der Waals surface area contributed by atoms with Crippen LogP contribution in [-0.4, -0.2) is 47.6 Å². The number of methoxy groups -OCH3 is 1. The maximum Gasteiger partial charge on any atom is 0.324 e. The molecule has 1 aliphatic heterocycles. The third kappa shape index (κ3) is 3.39. The average Bonchev–Trinajstić information content (AvgIpc) is 3.28. The molecule has 3 heterocycles. The summed E-state index contributed by atoms with van der Waals surface area (Å²) < 4.78 is 19.0. The molecule has 0 spiro atoms. The lowest BCUT2D eigenvalue weighted by molar-refractivity contribution is 0.170. The van der Waals surface area contributed by atoms with Gasteiger partial charge in [-0.15, -0.1) is 0 Å². The Bertz CT molecular complexity index is 865. The minimum absolute atomic E-state index is 0.197. The molecule has 0 bridgehead atoms. The van der Waals surface area contributed by atoms with Crippen molar-refractivity contribution in [2.45, 2.75) is 32.4 Å². The standard InChI is InChI=1S/C19H24N4O3/c1-14-20-19(26-21-14)23-9-6-15(7-10-23)25-18-5-3-4-17-16(18)8-11-22(17)12-13-24-2/h3-5,8,11,15H,6-7,9-10,12-13H2,1-2H3. The van der Waals surface area contributed by atoms with Crippen molar-refractivity contribution >= 4 is 16.9 Å². The largest absolute Gasteiger partial charge is 0.490 e. The molecular formula is C19H24N4O3. The Kier molecular flexibility index (Phi) is 4.79. The molecule has 26 heavy (non-hydrogen) atoms. The molecule has 0 aliphatic carbocycles. The van der Waals surface area contributed by atoms with Gasteiger partial charge in [0.15, 0.2) is 5.82 Å². The molecule has 4 rings (SSSR count). The van der Waals surface area contributed by atoms with Crippen LogP contribution < -0.4 is 9.64 Å². The molecule has 0 atom stereocenters. The first-order chi connectivity index (χ1) is 12.7. The maximum atomic E-state index is 6.34. The monoisotopic (exact) mass is 356 g/mol. The van der Waals surface area contributed by atoms with Crippen LogP contribution in [0, 0.1) is 6.92 Å². The number of benzene rings is 1. The number of aryl methyl sites for hydroxylation is 1. The van der Waals surface area contributed by atoms with E-state index in [2.05, 4.69) is 50.1 Å². The lowest BCUT2D eigenvalue weighted by atomic mass is 10.1. The van der Waals surface area contributed by atoms with E-state index in [1.54, 1.807) is 7.11 Å². The van der Waals surface area contributed by atoms with Gasteiger partial charge < -0.3 is 23.5 Å². The molecule has 1 saturated heterocycles. The van der Waals surface area contributed by atoms with Crippen molar-refractivity contribution in [1.82, 2.24) is 14.7 Å². The zero-order chi connectivity index (χ0) is 17.9. The first-order valence-corrected chi connectivity index (χ1v) is 9.03. The summed E-state index contributed by atoms with van der Waals surface area (Å²) in [5, 5.41) is 5.02. The van der Waals surface area contributed by atoms with Crippen molar-refractivity contribution in [1.29, 1.82) is 0 Å². The van der Waals surface area contributed by atoms with Gasteiger partial charge in [-0.3, -0.25) is 0 Å². The molecule has 7 nitrogen and oxygen atoms in total. The minimum atomic E-state index is 0.197. The van der Waals surface area contributed by atoms with Gasteiger partial charge in [0.05, 0.1) is 12.1 Å². The van der Waals surface area contributed by atoms with Gasteiger partial charge in [0.25, 0.3) is 0 Å². The SMILES string of the molecule is COCCn1ccc2c(OC3CCN(c4nc(C)no4)CC3)cccc21. The Balaban J connectivity index is 1.42. The lowest BCUT2D eigenvalue weighted by Crippen LogP contribution is -2.38. The van der Waals surface area contributed by atoms with E-state index in [1.165, 1.54) is 5.52 Å². The van der Waals surface area contributed by atoms with Gasteiger partial charge in [0.1, 0.15) is 11.9 Å². The van der Waals surface area contributed by atoms with E-state index in [0.29, 0.717) is 18.4 Å². The number of piperidine rings is 1. The maximum absolute atomic E-state index is 6.34. The summed E-state index contributed by atoms with van der Waals surface area (Å²) in [6, 6.07) is 8.96. The van der Waals surface area contributed by atoms with Gasteiger partial charge in [-0.2, -0.15) is 4.98 Å². The van der Waals surface area contributed by atoms with Crippen molar-refractivity contribution < 1.29 is 14.0 Å². The van der Waals surface area contributed by atoms with E-state index in [1.807, 2.05) is 6.92 Å². The number of nitrogens with zero attached hydrogens (tertiary/aromatic N) is 4.